The average molecular weight is 230 g/mol. The van der Waals surface area contributed by atoms with Crippen LogP contribution in [0.5, 0.6) is 0 Å². The molecule has 5 heteroatoms. The lowest BCUT2D eigenvalue weighted by Crippen LogP contribution is -2.09. The monoisotopic (exact) mass is 230 g/mol. The molecule has 0 aromatic heterocycles. The van der Waals surface area contributed by atoms with E-state index in [1.165, 1.54) is 0 Å². The predicted octanol–water partition coefficient (Wildman–Crippen LogP) is 0.783. The molecule has 15 heavy (non-hydrogen) atoms. The van der Waals surface area contributed by atoms with E-state index in [-0.39, 0.29) is 24.3 Å². The Kier molecular flexibility index (Phi) is 4.97. The minimum atomic E-state index is -0.441. The molecule has 1 aliphatic heterocycles. The molecule has 0 spiro atoms. The third-order valence-electron chi connectivity index (χ3n) is 2.36. The van der Waals surface area contributed by atoms with Gasteiger partial charge in [-0.05, 0) is 26.3 Å². The first-order valence-electron chi connectivity index (χ1n) is 5.45. The second kappa shape index (κ2) is 6.02. The minimum absolute atomic E-state index is 0.189. The number of ether oxygens (including phenoxy) is 1. The lowest BCUT2D eigenvalue weighted by atomic mass is 10.0. The fraction of sp³-hybridized carbons (Fsp3) is 0.800. The van der Waals surface area contributed by atoms with Gasteiger partial charge in [0.05, 0.1) is 12.3 Å². The van der Waals surface area contributed by atoms with Crippen LogP contribution >= 0.6 is 0 Å². The van der Waals surface area contributed by atoms with Gasteiger partial charge in [-0.15, -0.1) is 0 Å². The molecule has 1 unspecified atom stereocenters. The summed E-state index contributed by atoms with van der Waals surface area (Å²) in [6.45, 7) is 4.06. The van der Waals surface area contributed by atoms with Crippen molar-refractivity contribution in [1.82, 2.24) is 0 Å². The van der Waals surface area contributed by atoms with E-state index in [1.54, 1.807) is 0 Å². The summed E-state index contributed by atoms with van der Waals surface area (Å²) in [5.74, 6) is -0.905. The van der Waals surface area contributed by atoms with E-state index in [1.807, 2.05) is 13.8 Å². The zero-order chi connectivity index (χ0) is 11.3. The molecular formula is C10H18O4Si. The maximum atomic E-state index is 11.1. The lowest BCUT2D eigenvalue weighted by molar-refractivity contribution is -0.153. The Morgan fingerprint density at radius 2 is 2.27 bits per heavy atom. The lowest BCUT2D eigenvalue weighted by Gasteiger charge is -2.07. The first kappa shape index (κ1) is 12.4. The first-order valence-corrected chi connectivity index (χ1v) is 7.03. The summed E-state index contributed by atoms with van der Waals surface area (Å²) in [7, 11) is -0.441. The number of rotatable bonds is 6. The number of carbonyl (C=O) groups excluding carboxylic acids is 2. The van der Waals surface area contributed by atoms with Gasteiger partial charge >= 0.3 is 11.9 Å². The highest BCUT2D eigenvalue weighted by molar-refractivity contribution is 6.27. The molecule has 1 heterocycles. The standard InChI is InChI=1S/C10H18O4Si/c1-7(2)14-15-5-3-4-8-6-9(11)13-10(8)12/h7-8H,3-6,15H2,1-2H3. The summed E-state index contributed by atoms with van der Waals surface area (Å²) in [6, 6.07) is 1.07. The third-order valence-corrected chi connectivity index (χ3v) is 4.05. The van der Waals surface area contributed by atoms with Gasteiger partial charge in [0.2, 0.25) is 0 Å². The Hall–Kier alpha value is -0.683. The molecule has 86 valence electrons. The van der Waals surface area contributed by atoms with Crippen molar-refractivity contribution in [3.63, 3.8) is 0 Å². The van der Waals surface area contributed by atoms with Crippen LogP contribution in [0.15, 0.2) is 0 Å². The summed E-state index contributed by atoms with van der Waals surface area (Å²) >= 11 is 0. The van der Waals surface area contributed by atoms with Crippen LogP contribution in [-0.2, 0) is 18.8 Å². The zero-order valence-electron chi connectivity index (χ0n) is 9.32. The molecule has 0 aromatic carbocycles. The summed E-state index contributed by atoms with van der Waals surface area (Å²) in [5, 5.41) is 0. The summed E-state index contributed by atoms with van der Waals surface area (Å²) < 4.78 is 9.98. The van der Waals surface area contributed by atoms with Crippen molar-refractivity contribution >= 4 is 21.7 Å². The Labute approximate surface area is 92.3 Å². The molecule has 1 fully saturated rings. The van der Waals surface area contributed by atoms with Crippen molar-refractivity contribution in [2.24, 2.45) is 5.92 Å². The molecule has 0 radical (unpaired) electrons. The summed E-state index contributed by atoms with van der Waals surface area (Å²) in [5.41, 5.74) is 0. The largest absolute Gasteiger partial charge is 0.422 e. The molecule has 0 aliphatic carbocycles. The van der Waals surface area contributed by atoms with Crippen molar-refractivity contribution in [1.29, 1.82) is 0 Å². The van der Waals surface area contributed by atoms with E-state index in [2.05, 4.69) is 4.74 Å². The normalized spacial score (nSPS) is 21.9. The zero-order valence-corrected chi connectivity index (χ0v) is 10.7. The molecule has 0 aromatic rings. The maximum Gasteiger partial charge on any atom is 0.317 e. The summed E-state index contributed by atoms with van der Waals surface area (Å²) in [6.07, 6.45) is 2.31. The van der Waals surface area contributed by atoms with Gasteiger partial charge in [-0.2, -0.15) is 0 Å². The van der Waals surface area contributed by atoms with Crippen molar-refractivity contribution in [2.75, 3.05) is 0 Å². The molecule has 4 nitrogen and oxygen atoms in total. The minimum Gasteiger partial charge on any atom is -0.422 e. The van der Waals surface area contributed by atoms with Crippen molar-refractivity contribution in [2.45, 2.75) is 45.3 Å². The summed E-state index contributed by atoms with van der Waals surface area (Å²) in [4.78, 5) is 21.9. The van der Waals surface area contributed by atoms with Gasteiger partial charge in [0.1, 0.15) is 0 Å². The van der Waals surface area contributed by atoms with Gasteiger partial charge in [0, 0.05) is 6.10 Å². The molecule has 0 saturated carbocycles. The number of hydrogen-bond acceptors (Lipinski definition) is 4. The van der Waals surface area contributed by atoms with E-state index in [0.29, 0.717) is 6.10 Å². The van der Waals surface area contributed by atoms with E-state index in [4.69, 9.17) is 4.43 Å². The van der Waals surface area contributed by atoms with Crippen molar-refractivity contribution < 1.29 is 18.8 Å². The van der Waals surface area contributed by atoms with Gasteiger partial charge in [-0.25, -0.2) is 0 Å². The Bertz CT molecular complexity index is 240. The molecular weight excluding hydrogens is 212 g/mol. The fourth-order valence-electron chi connectivity index (χ4n) is 1.55. The highest BCUT2D eigenvalue weighted by Crippen LogP contribution is 2.21. The van der Waals surface area contributed by atoms with Crippen LogP contribution in [0, 0.1) is 5.92 Å². The Balaban J connectivity index is 2.05. The second-order valence-corrected chi connectivity index (χ2v) is 5.56. The van der Waals surface area contributed by atoms with E-state index in [0.717, 1.165) is 18.9 Å². The molecule has 1 atom stereocenters. The molecule has 1 aliphatic rings. The average Bonchev–Trinajstić information content (AvgIpc) is 2.44. The number of carbonyl (C=O) groups is 2. The van der Waals surface area contributed by atoms with E-state index < -0.39 is 9.76 Å². The third kappa shape index (κ3) is 4.57. The first-order chi connectivity index (χ1) is 7.09. The van der Waals surface area contributed by atoms with Crippen LogP contribution in [0.2, 0.25) is 6.04 Å². The Morgan fingerprint density at radius 1 is 1.53 bits per heavy atom. The van der Waals surface area contributed by atoms with Gasteiger partial charge in [-0.3, -0.25) is 9.59 Å². The SMILES string of the molecule is CC(C)O[SiH2]CCCC1CC(=O)OC1=O. The Morgan fingerprint density at radius 3 is 2.80 bits per heavy atom. The van der Waals surface area contributed by atoms with Crippen LogP contribution < -0.4 is 0 Å². The van der Waals surface area contributed by atoms with E-state index in [9.17, 15) is 9.59 Å². The molecule has 1 rings (SSSR count). The highest BCUT2D eigenvalue weighted by Gasteiger charge is 2.32. The highest BCUT2D eigenvalue weighted by atomic mass is 28.2. The second-order valence-electron chi connectivity index (χ2n) is 4.11. The van der Waals surface area contributed by atoms with Crippen LogP contribution in [0.3, 0.4) is 0 Å². The molecule has 0 N–H and O–H groups in total. The predicted molar refractivity (Wildman–Crippen MR) is 58.0 cm³/mol. The van der Waals surface area contributed by atoms with Crippen LogP contribution in [0.1, 0.15) is 33.1 Å². The van der Waals surface area contributed by atoms with Gasteiger partial charge < -0.3 is 9.16 Å². The van der Waals surface area contributed by atoms with Gasteiger partial charge in [-0.1, -0.05) is 6.42 Å². The maximum absolute atomic E-state index is 11.1. The molecule has 0 amide bonds. The quantitative estimate of drug-likeness (QED) is 0.293. The smallest absolute Gasteiger partial charge is 0.317 e. The van der Waals surface area contributed by atoms with Crippen molar-refractivity contribution in [3.05, 3.63) is 0 Å². The number of esters is 2. The van der Waals surface area contributed by atoms with Gasteiger partial charge in [0.25, 0.3) is 0 Å². The van der Waals surface area contributed by atoms with Crippen LogP contribution in [-0.4, -0.2) is 27.8 Å². The number of hydrogen-bond donors (Lipinski definition) is 0. The van der Waals surface area contributed by atoms with Crippen molar-refractivity contribution in [3.8, 4) is 0 Å². The van der Waals surface area contributed by atoms with Crippen LogP contribution in [0.4, 0.5) is 0 Å². The van der Waals surface area contributed by atoms with E-state index >= 15 is 0 Å². The topological polar surface area (TPSA) is 52.6 Å². The molecule has 0 bridgehead atoms. The number of cyclic esters (lactones) is 2. The molecule has 1 saturated heterocycles. The fourth-order valence-corrected chi connectivity index (χ4v) is 2.68. The van der Waals surface area contributed by atoms with Gasteiger partial charge in [0.15, 0.2) is 9.76 Å². The van der Waals surface area contributed by atoms with Crippen LogP contribution in [0.25, 0.3) is 0 Å².